The van der Waals surface area contributed by atoms with Crippen molar-refractivity contribution in [1.82, 2.24) is 4.57 Å². The van der Waals surface area contributed by atoms with E-state index < -0.39 is 12.0 Å². The minimum Gasteiger partial charge on any atom is -0.496 e. The number of fused-ring (bicyclic) bond motifs is 1. The number of thiazole rings is 1. The molecule has 9 nitrogen and oxygen atoms in total. The minimum absolute atomic E-state index is 0.185. The zero-order valence-electron chi connectivity index (χ0n) is 24.7. The molecule has 1 aliphatic heterocycles. The standard InChI is InChI=1S/C33H27BrIN3O6S/c1-5-43-32(40)28-18(2)37-33-38(29(28)20-10-11-25(41-3)23(34)15-20)31(39)27(45-33)14-19-12-24(35)30(26(13-19)42-4)44-17-22-9-7-6-8-21(22)16-36/h6-15,29H,5,17H2,1-4H3/t29-/m0/s1. The van der Waals surface area contributed by atoms with Gasteiger partial charge in [-0.1, -0.05) is 35.6 Å². The topological polar surface area (TPSA) is 112 Å². The Labute approximate surface area is 285 Å². The van der Waals surface area contributed by atoms with Crippen molar-refractivity contribution in [3.8, 4) is 23.3 Å². The minimum atomic E-state index is -0.758. The molecular weight excluding hydrogens is 773 g/mol. The van der Waals surface area contributed by atoms with E-state index in [2.05, 4.69) is 49.6 Å². The number of hydrogen-bond acceptors (Lipinski definition) is 9. The van der Waals surface area contributed by atoms with Crippen LogP contribution in [-0.4, -0.2) is 31.4 Å². The molecule has 0 unspecified atom stereocenters. The highest BCUT2D eigenvalue weighted by Gasteiger charge is 2.33. The maximum Gasteiger partial charge on any atom is 0.338 e. The zero-order valence-corrected chi connectivity index (χ0v) is 29.3. The summed E-state index contributed by atoms with van der Waals surface area (Å²) in [4.78, 5) is 32.4. The number of rotatable bonds is 9. The van der Waals surface area contributed by atoms with E-state index in [4.69, 9.17) is 18.9 Å². The van der Waals surface area contributed by atoms with Gasteiger partial charge in [-0.05, 0) is 99.9 Å². The highest BCUT2D eigenvalue weighted by Crippen LogP contribution is 2.36. The van der Waals surface area contributed by atoms with Gasteiger partial charge in [-0.2, -0.15) is 5.26 Å². The Balaban J connectivity index is 1.59. The number of methoxy groups -OCH3 is 2. The maximum atomic E-state index is 14.1. The van der Waals surface area contributed by atoms with Gasteiger partial charge in [-0.25, -0.2) is 9.79 Å². The van der Waals surface area contributed by atoms with Gasteiger partial charge in [0.25, 0.3) is 5.56 Å². The SMILES string of the molecule is CCOC(=O)C1=C(C)N=c2sc(=Cc3cc(I)c(OCc4ccccc4C#N)c(OC)c3)c(=O)n2[C@H]1c1ccc(OC)c(Br)c1. The van der Waals surface area contributed by atoms with Crippen LogP contribution in [0.15, 0.2) is 80.1 Å². The third-order valence-corrected chi connectivity index (χ3v) is 9.47. The fourth-order valence-electron chi connectivity index (χ4n) is 4.98. The number of carbonyl (C=O) groups is 1. The summed E-state index contributed by atoms with van der Waals surface area (Å²) in [6, 6.07) is 17.8. The van der Waals surface area contributed by atoms with Gasteiger partial charge in [0.15, 0.2) is 16.3 Å². The van der Waals surface area contributed by atoms with Crippen LogP contribution in [0.2, 0.25) is 0 Å². The molecule has 1 aromatic heterocycles. The second-order valence-electron chi connectivity index (χ2n) is 9.79. The number of carbonyl (C=O) groups excluding carboxylic acids is 1. The van der Waals surface area contributed by atoms with Crippen molar-refractivity contribution in [3.05, 3.63) is 116 Å². The van der Waals surface area contributed by atoms with Crippen LogP contribution in [0.25, 0.3) is 6.08 Å². The largest absolute Gasteiger partial charge is 0.496 e. The quantitative estimate of drug-likeness (QED) is 0.159. The second kappa shape index (κ2) is 14.0. The summed E-state index contributed by atoms with van der Waals surface area (Å²) in [6.45, 7) is 3.86. The van der Waals surface area contributed by atoms with E-state index >= 15 is 0 Å². The van der Waals surface area contributed by atoms with Crippen molar-refractivity contribution in [2.45, 2.75) is 26.5 Å². The first kappa shape index (κ1) is 32.5. The predicted octanol–water partition coefficient (Wildman–Crippen LogP) is 5.63. The third kappa shape index (κ3) is 6.56. The molecule has 0 N–H and O–H groups in total. The van der Waals surface area contributed by atoms with Crippen molar-refractivity contribution < 1.29 is 23.7 Å². The Kier molecular flexibility index (Phi) is 10.1. The summed E-state index contributed by atoms with van der Waals surface area (Å²) < 4.78 is 26.0. The lowest BCUT2D eigenvalue weighted by atomic mass is 9.96. The van der Waals surface area contributed by atoms with Crippen LogP contribution >= 0.6 is 49.9 Å². The number of aromatic nitrogens is 1. The summed E-state index contributed by atoms with van der Waals surface area (Å²) in [5, 5.41) is 9.42. The molecule has 230 valence electrons. The first-order valence-electron chi connectivity index (χ1n) is 13.7. The van der Waals surface area contributed by atoms with Crippen LogP contribution in [0.1, 0.15) is 42.1 Å². The van der Waals surface area contributed by atoms with Gasteiger partial charge in [0, 0.05) is 5.56 Å². The summed E-state index contributed by atoms with van der Waals surface area (Å²) in [6.07, 6.45) is 1.77. The number of nitrogens with zero attached hydrogens (tertiary/aromatic N) is 3. The fourth-order valence-corrected chi connectivity index (χ4v) is 7.37. The lowest BCUT2D eigenvalue weighted by Crippen LogP contribution is -2.40. The molecule has 1 atom stereocenters. The number of hydrogen-bond donors (Lipinski definition) is 0. The molecule has 0 aliphatic carbocycles. The fraction of sp³-hybridized carbons (Fsp3) is 0.212. The van der Waals surface area contributed by atoms with Crippen LogP contribution in [0.5, 0.6) is 17.2 Å². The van der Waals surface area contributed by atoms with E-state index in [-0.39, 0.29) is 18.8 Å². The van der Waals surface area contributed by atoms with E-state index in [0.717, 1.165) is 14.7 Å². The molecule has 0 radical (unpaired) electrons. The predicted molar refractivity (Wildman–Crippen MR) is 182 cm³/mol. The maximum absolute atomic E-state index is 14.1. The summed E-state index contributed by atoms with van der Waals surface area (Å²) >= 11 is 6.93. The van der Waals surface area contributed by atoms with Gasteiger partial charge in [-0.15, -0.1) is 0 Å². The van der Waals surface area contributed by atoms with Gasteiger partial charge >= 0.3 is 5.97 Å². The Hall–Kier alpha value is -3.93. The molecule has 45 heavy (non-hydrogen) atoms. The Morgan fingerprint density at radius 2 is 1.91 bits per heavy atom. The molecule has 12 heteroatoms. The van der Waals surface area contributed by atoms with Crippen molar-refractivity contribution in [2.75, 3.05) is 20.8 Å². The molecule has 5 rings (SSSR count). The monoisotopic (exact) mass is 799 g/mol. The summed E-state index contributed by atoms with van der Waals surface area (Å²) in [5.41, 5.74) is 3.20. The number of halogens is 2. The van der Waals surface area contributed by atoms with Gasteiger partial charge in [0.2, 0.25) is 0 Å². The van der Waals surface area contributed by atoms with Crippen molar-refractivity contribution in [1.29, 1.82) is 5.26 Å². The highest BCUT2D eigenvalue weighted by molar-refractivity contribution is 14.1. The van der Waals surface area contributed by atoms with Gasteiger partial charge in [0.1, 0.15) is 12.4 Å². The molecule has 3 aromatic carbocycles. The van der Waals surface area contributed by atoms with Crippen LogP contribution < -0.4 is 29.1 Å². The number of ether oxygens (including phenoxy) is 4. The number of esters is 1. The van der Waals surface area contributed by atoms with Gasteiger partial charge in [0.05, 0.1) is 62.3 Å². The number of allylic oxidation sites excluding steroid dienone is 1. The van der Waals surface area contributed by atoms with Crippen molar-refractivity contribution >= 4 is 61.9 Å². The molecule has 0 fully saturated rings. The second-order valence-corrected chi connectivity index (χ2v) is 12.8. The van der Waals surface area contributed by atoms with Crippen LogP contribution in [0.4, 0.5) is 0 Å². The lowest BCUT2D eigenvalue weighted by molar-refractivity contribution is -0.139. The van der Waals surface area contributed by atoms with Gasteiger partial charge < -0.3 is 18.9 Å². The molecule has 0 saturated heterocycles. The Morgan fingerprint density at radius 3 is 2.60 bits per heavy atom. The lowest BCUT2D eigenvalue weighted by Gasteiger charge is -2.25. The first-order chi connectivity index (χ1) is 21.7. The molecule has 2 heterocycles. The number of benzene rings is 3. The highest BCUT2D eigenvalue weighted by atomic mass is 127. The summed E-state index contributed by atoms with van der Waals surface area (Å²) in [5.74, 6) is 1.10. The molecule has 0 saturated carbocycles. The Morgan fingerprint density at radius 1 is 1.16 bits per heavy atom. The van der Waals surface area contributed by atoms with Crippen molar-refractivity contribution in [3.63, 3.8) is 0 Å². The average molecular weight is 800 g/mol. The average Bonchev–Trinajstić information content (AvgIpc) is 3.33. The summed E-state index contributed by atoms with van der Waals surface area (Å²) in [7, 11) is 3.12. The molecule has 1 aliphatic rings. The molecule has 0 bridgehead atoms. The van der Waals surface area contributed by atoms with E-state index in [1.807, 2.05) is 36.4 Å². The van der Waals surface area contributed by atoms with Crippen LogP contribution in [0, 0.1) is 14.9 Å². The Bertz CT molecular complexity index is 2060. The number of nitriles is 1. The first-order valence-corrected chi connectivity index (χ1v) is 16.4. The molecule has 0 amide bonds. The zero-order chi connectivity index (χ0) is 32.2. The van der Waals surface area contributed by atoms with Gasteiger partial charge in [-0.3, -0.25) is 9.36 Å². The van der Waals surface area contributed by atoms with Crippen LogP contribution in [0.3, 0.4) is 0 Å². The van der Waals surface area contributed by atoms with E-state index in [0.29, 0.717) is 53.5 Å². The van der Waals surface area contributed by atoms with E-state index in [1.54, 1.807) is 52.3 Å². The molecular formula is C33H27BrIN3O6S. The smallest absolute Gasteiger partial charge is 0.338 e. The van der Waals surface area contributed by atoms with E-state index in [1.165, 1.54) is 15.9 Å². The molecule has 4 aromatic rings. The van der Waals surface area contributed by atoms with Crippen molar-refractivity contribution in [2.24, 2.45) is 4.99 Å². The third-order valence-electron chi connectivity index (χ3n) is 7.07. The molecule has 0 spiro atoms. The normalized spacial score (nSPS) is 14.3. The van der Waals surface area contributed by atoms with Crippen LogP contribution in [-0.2, 0) is 16.1 Å². The van der Waals surface area contributed by atoms with E-state index in [9.17, 15) is 14.9 Å².